The van der Waals surface area contributed by atoms with Crippen LogP contribution in [0.4, 0.5) is 26.3 Å². The maximum atomic E-state index is 12.6. The van der Waals surface area contributed by atoms with Gasteiger partial charge in [0.1, 0.15) is 5.69 Å². The highest BCUT2D eigenvalue weighted by Gasteiger charge is 2.60. The standard InChI is InChI=1S/C6H4F6N2.3C2H6/c1-2-3(13-14-4(2)7)5(8,9)6(10,11)12;3*1-2/h1H3,(H,13,14);3*1-2H3. The molecule has 0 bridgehead atoms. The summed E-state index contributed by atoms with van der Waals surface area (Å²) in [6, 6.07) is 0. The molecule has 8 heteroatoms. The number of H-pyrrole nitrogens is 1. The third-order valence-electron chi connectivity index (χ3n) is 1.62. The van der Waals surface area contributed by atoms with E-state index in [2.05, 4.69) is 5.10 Å². The van der Waals surface area contributed by atoms with E-state index in [4.69, 9.17) is 0 Å². The van der Waals surface area contributed by atoms with Crippen molar-refractivity contribution in [3.63, 3.8) is 0 Å². The van der Waals surface area contributed by atoms with Gasteiger partial charge in [-0.1, -0.05) is 41.5 Å². The first kappa shape index (κ1) is 23.9. The Morgan fingerprint density at radius 1 is 0.850 bits per heavy atom. The first-order chi connectivity index (χ1) is 9.18. The van der Waals surface area contributed by atoms with Crippen molar-refractivity contribution >= 4 is 0 Å². The molecule has 0 saturated carbocycles. The van der Waals surface area contributed by atoms with E-state index in [1.165, 1.54) is 5.10 Å². The number of hydrogen-bond acceptors (Lipinski definition) is 1. The van der Waals surface area contributed by atoms with Crippen LogP contribution in [0.3, 0.4) is 0 Å². The van der Waals surface area contributed by atoms with Crippen LogP contribution in [0.15, 0.2) is 0 Å². The van der Waals surface area contributed by atoms with Gasteiger partial charge in [-0.15, -0.1) is 5.10 Å². The largest absolute Gasteiger partial charge is 0.459 e. The first-order valence-electron chi connectivity index (χ1n) is 6.33. The summed E-state index contributed by atoms with van der Waals surface area (Å²) in [5.41, 5.74) is -2.41. The molecule has 0 amide bonds. The highest BCUT2D eigenvalue weighted by molar-refractivity contribution is 5.21. The van der Waals surface area contributed by atoms with E-state index < -0.39 is 29.3 Å². The van der Waals surface area contributed by atoms with Gasteiger partial charge in [-0.2, -0.15) is 26.3 Å². The number of halogens is 6. The SMILES string of the molecule is CC.CC.CC.Cc1c(F)n[nH]c1C(F)(F)C(F)(F)F. The fourth-order valence-electron chi connectivity index (χ4n) is 0.823. The molecule has 1 heterocycles. The van der Waals surface area contributed by atoms with Crippen molar-refractivity contribution in [1.82, 2.24) is 10.2 Å². The summed E-state index contributed by atoms with van der Waals surface area (Å²) in [4.78, 5) is 0. The molecule has 1 aromatic heterocycles. The summed E-state index contributed by atoms with van der Waals surface area (Å²) >= 11 is 0. The van der Waals surface area contributed by atoms with Crippen LogP contribution in [-0.2, 0) is 5.92 Å². The van der Waals surface area contributed by atoms with Crippen LogP contribution in [0, 0.1) is 12.9 Å². The molecule has 0 fully saturated rings. The fraction of sp³-hybridized carbons (Fsp3) is 0.750. The smallest absolute Gasteiger partial charge is 0.273 e. The lowest BCUT2D eigenvalue weighted by atomic mass is 10.1. The summed E-state index contributed by atoms with van der Waals surface area (Å²) in [5, 5.41) is 3.95. The summed E-state index contributed by atoms with van der Waals surface area (Å²) in [6.07, 6.45) is -5.77. The molecular formula is C12H22F6N2. The molecule has 0 aromatic carbocycles. The zero-order valence-electron chi connectivity index (χ0n) is 12.7. The Bertz CT molecular complexity index is 344. The highest BCUT2D eigenvalue weighted by atomic mass is 19.4. The Hall–Kier alpha value is -1.21. The van der Waals surface area contributed by atoms with Gasteiger partial charge in [-0.25, -0.2) is 0 Å². The fourth-order valence-corrected chi connectivity index (χ4v) is 0.823. The molecule has 20 heavy (non-hydrogen) atoms. The summed E-state index contributed by atoms with van der Waals surface area (Å²) < 4.78 is 72.9. The predicted molar refractivity (Wildman–Crippen MR) is 67.3 cm³/mol. The van der Waals surface area contributed by atoms with Crippen molar-refractivity contribution in [2.75, 3.05) is 0 Å². The molecule has 0 saturated heterocycles. The molecule has 0 unspecified atom stereocenters. The van der Waals surface area contributed by atoms with Crippen molar-refractivity contribution in [3.05, 3.63) is 17.2 Å². The van der Waals surface area contributed by atoms with Gasteiger partial charge < -0.3 is 0 Å². The average molecular weight is 308 g/mol. The van der Waals surface area contributed by atoms with E-state index in [-0.39, 0.29) is 0 Å². The van der Waals surface area contributed by atoms with E-state index in [1.54, 1.807) is 0 Å². The Balaban J connectivity index is -0.000000425. The van der Waals surface area contributed by atoms with E-state index in [0.717, 1.165) is 6.92 Å². The Kier molecular flexibility index (Phi) is 12.6. The van der Waals surface area contributed by atoms with E-state index in [1.807, 2.05) is 41.5 Å². The number of aromatic amines is 1. The van der Waals surface area contributed by atoms with E-state index in [0.29, 0.717) is 0 Å². The molecule has 0 atom stereocenters. The Labute approximate surface area is 115 Å². The number of alkyl halides is 5. The zero-order chi connectivity index (χ0) is 17.1. The van der Waals surface area contributed by atoms with Crippen LogP contribution in [0.1, 0.15) is 52.8 Å². The molecular weight excluding hydrogens is 286 g/mol. The third kappa shape index (κ3) is 5.83. The van der Waals surface area contributed by atoms with Crippen LogP contribution in [-0.4, -0.2) is 16.4 Å². The minimum absolute atomic E-state index is 0.786. The molecule has 1 N–H and O–H groups in total. The monoisotopic (exact) mass is 308 g/mol. The lowest BCUT2D eigenvalue weighted by Gasteiger charge is -2.18. The minimum atomic E-state index is -5.77. The highest BCUT2D eigenvalue weighted by Crippen LogP contribution is 2.44. The van der Waals surface area contributed by atoms with Gasteiger partial charge in [0.2, 0.25) is 5.95 Å². The second-order valence-electron chi connectivity index (χ2n) is 2.59. The summed E-state index contributed by atoms with van der Waals surface area (Å²) in [6.45, 7) is 12.8. The van der Waals surface area contributed by atoms with Crippen LogP contribution in [0.2, 0.25) is 0 Å². The topological polar surface area (TPSA) is 28.7 Å². The van der Waals surface area contributed by atoms with Crippen LogP contribution in [0.25, 0.3) is 0 Å². The molecule has 0 aliphatic carbocycles. The average Bonchev–Trinajstić information content (AvgIpc) is 2.76. The number of hydrogen-bond donors (Lipinski definition) is 1. The number of aromatic nitrogens is 2. The van der Waals surface area contributed by atoms with Crippen molar-refractivity contribution in [1.29, 1.82) is 0 Å². The van der Waals surface area contributed by atoms with Crippen molar-refractivity contribution in [2.45, 2.75) is 60.6 Å². The Morgan fingerprint density at radius 2 is 1.20 bits per heavy atom. The van der Waals surface area contributed by atoms with Gasteiger partial charge in [0, 0.05) is 5.56 Å². The maximum absolute atomic E-state index is 12.6. The number of nitrogens with one attached hydrogen (secondary N) is 1. The van der Waals surface area contributed by atoms with Crippen molar-refractivity contribution < 1.29 is 26.3 Å². The minimum Gasteiger partial charge on any atom is -0.273 e. The lowest BCUT2D eigenvalue weighted by molar-refractivity contribution is -0.291. The molecule has 0 aliphatic heterocycles. The first-order valence-corrected chi connectivity index (χ1v) is 6.33. The van der Waals surface area contributed by atoms with Gasteiger partial charge in [0.15, 0.2) is 0 Å². The molecule has 0 radical (unpaired) electrons. The summed E-state index contributed by atoms with van der Waals surface area (Å²) in [5.74, 6) is -6.49. The molecule has 0 aliphatic rings. The van der Waals surface area contributed by atoms with E-state index in [9.17, 15) is 26.3 Å². The van der Waals surface area contributed by atoms with Gasteiger partial charge >= 0.3 is 12.1 Å². The summed E-state index contributed by atoms with van der Waals surface area (Å²) in [7, 11) is 0. The molecule has 1 aromatic rings. The molecule has 0 spiro atoms. The lowest BCUT2D eigenvalue weighted by Crippen LogP contribution is -2.34. The van der Waals surface area contributed by atoms with Crippen LogP contribution in [0.5, 0.6) is 0 Å². The molecule has 2 nitrogen and oxygen atoms in total. The third-order valence-corrected chi connectivity index (χ3v) is 1.62. The maximum Gasteiger partial charge on any atom is 0.459 e. The van der Waals surface area contributed by atoms with Crippen LogP contribution >= 0.6 is 0 Å². The van der Waals surface area contributed by atoms with Crippen molar-refractivity contribution in [2.24, 2.45) is 0 Å². The van der Waals surface area contributed by atoms with E-state index >= 15 is 0 Å². The zero-order valence-corrected chi connectivity index (χ0v) is 12.7. The van der Waals surface area contributed by atoms with Gasteiger partial charge in [0.05, 0.1) is 0 Å². The molecule has 1 rings (SSSR count). The Morgan fingerprint density at radius 3 is 1.40 bits per heavy atom. The second kappa shape index (κ2) is 10.6. The quantitative estimate of drug-likeness (QED) is 0.673. The molecule has 122 valence electrons. The normalized spacial score (nSPS) is 10.2. The second-order valence-corrected chi connectivity index (χ2v) is 2.59. The van der Waals surface area contributed by atoms with Gasteiger partial charge in [-0.3, -0.25) is 5.10 Å². The predicted octanol–water partition coefficient (Wildman–Crippen LogP) is 5.59. The van der Waals surface area contributed by atoms with Crippen LogP contribution < -0.4 is 0 Å². The number of nitrogens with zero attached hydrogens (tertiary/aromatic N) is 1. The van der Waals surface area contributed by atoms with Crippen molar-refractivity contribution in [3.8, 4) is 0 Å². The van der Waals surface area contributed by atoms with Gasteiger partial charge in [0.25, 0.3) is 0 Å². The van der Waals surface area contributed by atoms with Gasteiger partial charge in [-0.05, 0) is 6.92 Å². The number of rotatable bonds is 1.